The van der Waals surface area contributed by atoms with E-state index in [2.05, 4.69) is 15.5 Å². The van der Waals surface area contributed by atoms with Gasteiger partial charge in [0.25, 0.3) is 0 Å². The quantitative estimate of drug-likeness (QED) is 0.748. The fourth-order valence-corrected chi connectivity index (χ4v) is 5.50. The first kappa shape index (κ1) is 20.5. The fourth-order valence-electron chi connectivity index (χ4n) is 5.50. The molecule has 1 aliphatic carbocycles. The molecule has 0 unspecified atom stereocenters. The van der Waals surface area contributed by atoms with Crippen molar-refractivity contribution in [3.8, 4) is 0 Å². The number of hydrogen-bond donors (Lipinski definition) is 1. The van der Waals surface area contributed by atoms with Crippen LogP contribution in [0.25, 0.3) is 0 Å². The minimum atomic E-state index is -4.33. The Morgan fingerprint density at radius 1 is 1.29 bits per heavy atom. The van der Waals surface area contributed by atoms with Gasteiger partial charge in [-0.15, -0.1) is 0 Å². The Bertz CT molecular complexity index is 860. The van der Waals surface area contributed by atoms with Crippen LogP contribution in [0.2, 0.25) is 0 Å². The second kappa shape index (κ2) is 7.35. The molecule has 3 aliphatic heterocycles. The van der Waals surface area contributed by atoms with Crippen LogP contribution in [0.1, 0.15) is 25.0 Å². The molecule has 1 N–H and O–H groups in total. The van der Waals surface area contributed by atoms with E-state index in [0.717, 1.165) is 12.8 Å². The van der Waals surface area contributed by atoms with E-state index in [-0.39, 0.29) is 36.1 Å². The number of nitrogens with one attached hydrogen (secondary N) is 1. The molecule has 4 fully saturated rings. The lowest BCUT2D eigenvalue weighted by Crippen LogP contribution is -2.68. The molecule has 3 saturated heterocycles. The number of likely N-dealkylation sites (tertiary alicyclic amines) is 2. The van der Waals surface area contributed by atoms with Crippen molar-refractivity contribution >= 4 is 11.9 Å². The van der Waals surface area contributed by atoms with Gasteiger partial charge in [-0.25, -0.2) is 4.79 Å². The van der Waals surface area contributed by atoms with Crippen molar-refractivity contribution in [3.05, 3.63) is 11.9 Å². The molecule has 31 heavy (non-hydrogen) atoms. The third kappa shape index (κ3) is 4.21. The van der Waals surface area contributed by atoms with Crippen molar-refractivity contribution in [1.29, 1.82) is 0 Å². The average molecular weight is 442 g/mol. The standard InChI is InChI=1S/C19H25F3N6O3/c20-19(21,22)11-28-23-6-13(25-28)3-12-4-18(5-12)9-27(10-18)17(30)26-2-1-15-14(7-26)24-16(29)8-31-15/h6,12,14-15H,1-5,7-11H2,(H,24,29)/t14-,15+/m1/s1. The highest BCUT2D eigenvalue weighted by Gasteiger charge is 2.54. The number of nitrogens with zero attached hydrogens (tertiary/aromatic N) is 5. The Morgan fingerprint density at radius 3 is 2.81 bits per heavy atom. The van der Waals surface area contributed by atoms with Crippen LogP contribution in [0.4, 0.5) is 18.0 Å². The Labute approximate surface area is 176 Å². The van der Waals surface area contributed by atoms with E-state index in [0.29, 0.717) is 55.4 Å². The van der Waals surface area contributed by atoms with Gasteiger partial charge in [0.15, 0.2) is 6.54 Å². The number of carbonyl (C=O) groups excluding carboxylic acids is 2. The van der Waals surface area contributed by atoms with Gasteiger partial charge in [0.2, 0.25) is 5.91 Å². The predicted octanol–water partition coefficient (Wildman–Crippen LogP) is 0.804. The van der Waals surface area contributed by atoms with Gasteiger partial charge in [0, 0.05) is 31.6 Å². The van der Waals surface area contributed by atoms with Crippen molar-refractivity contribution in [2.24, 2.45) is 11.3 Å². The van der Waals surface area contributed by atoms with E-state index in [9.17, 15) is 22.8 Å². The summed E-state index contributed by atoms with van der Waals surface area (Å²) < 4.78 is 42.8. The normalized spacial score (nSPS) is 28.0. The van der Waals surface area contributed by atoms with E-state index < -0.39 is 12.7 Å². The molecule has 4 aliphatic rings. The number of amides is 3. The molecule has 5 rings (SSSR count). The van der Waals surface area contributed by atoms with Crippen molar-refractivity contribution < 1.29 is 27.5 Å². The first-order valence-corrected chi connectivity index (χ1v) is 10.6. The maximum Gasteiger partial charge on any atom is 0.409 e. The lowest BCUT2D eigenvalue weighted by molar-refractivity contribution is -0.145. The van der Waals surface area contributed by atoms with Gasteiger partial charge in [0.1, 0.15) is 6.61 Å². The van der Waals surface area contributed by atoms with Crippen molar-refractivity contribution in [1.82, 2.24) is 30.1 Å². The van der Waals surface area contributed by atoms with Gasteiger partial charge in [-0.05, 0) is 31.6 Å². The summed E-state index contributed by atoms with van der Waals surface area (Å²) in [5, 5.41) is 10.5. The first-order chi connectivity index (χ1) is 14.7. The number of hydrogen-bond acceptors (Lipinski definition) is 5. The summed E-state index contributed by atoms with van der Waals surface area (Å²) in [6.07, 6.45) is 0.268. The minimum absolute atomic E-state index is 0.00226. The Kier molecular flexibility index (Phi) is 4.87. The molecule has 12 heteroatoms. The second-order valence-corrected chi connectivity index (χ2v) is 9.36. The number of halogens is 3. The van der Waals surface area contributed by atoms with Crippen LogP contribution < -0.4 is 5.32 Å². The van der Waals surface area contributed by atoms with Crippen LogP contribution in [0.15, 0.2) is 6.20 Å². The highest BCUT2D eigenvalue weighted by atomic mass is 19.4. The molecule has 2 atom stereocenters. The maximum absolute atomic E-state index is 12.8. The van der Waals surface area contributed by atoms with Gasteiger partial charge >= 0.3 is 12.2 Å². The number of morpholine rings is 1. The summed E-state index contributed by atoms with van der Waals surface area (Å²) >= 11 is 0. The molecular weight excluding hydrogens is 417 g/mol. The van der Waals surface area contributed by atoms with Crippen LogP contribution in [0.3, 0.4) is 0 Å². The molecule has 0 radical (unpaired) electrons. The molecular formula is C19H25F3N6O3. The maximum atomic E-state index is 12.8. The van der Waals surface area contributed by atoms with E-state index in [4.69, 9.17) is 4.74 Å². The summed E-state index contributed by atoms with van der Waals surface area (Å²) in [6, 6.07) is -0.143. The van der Waals surface area contributed by atoms with Gasteiger partial charge in [-0.3, -0.25) is 4.79 Å². The SMILES string of the molecule is O=C1CO[C@H]2CCN(C(=O)N3CC4(CC(Cc5cnn(CC(F)(F)F)n5)C4)C3)C[C@H]2N1. The van der Waals surface area contributed by atoms with Gasteiger partial charge in [0.05, 0.1) is 24.0 Å². The van der Waals surface area contributed by atoms with Gasteiger partial charge < -0.3 is 19.9 Å². The molecule has 1 saturated carbocycles. The highest BCUT2D eigenvalue weighted by Crippen LogP contribution is 2.53. The second-order valence-electron chi connectivity index (χ2n) is 9.36. The van der Waals surface area contributed by atoms with Crippen LogP contribution >= 0.6 is 0 Å². The van der Waals surface area contributed by atoms with Crippen molar-refractivity contribution in [2.45, 2.75) is 50.6 Å². The molecule has 1 spiro atoms. The Balaban J connectivity index is 1.07. The first-order valence-electron chi connectivity index (χ1n) is 10.6. The highest BCUT2D eigenvalue weighted by molar-refractivity contribution is 5.79. The number of carbonyl (C=O) groups is 2. The molecule has 170 valence electrons. The lowest BCUT2D eigenvalue weighted by atomic mass is 9.57. The van der Waals surface area contributed by atoms with Crippen LogP contribution in [-0.2, 0) is 22.5 Å². The summed E-state index contributed by atoms with van der Waals surface area (Å²) in [6.45, 7) is 1.41. The van der Waals surface area contributed by atoms with E-state index in [1.807, 2.05) is 4.90 Å². The van der Waals surface area contributed by atoms with Crippen LogP contribution in [0.5, 0.6) is 0 Å². The summed E-state index contributed by atoms with van der Waals surface area (Å²) in [4.78, 5) is 28.7. The molecule has 0 aromatic carbocycles. The Morgan fingerprint density at radius 2 is 2.06 bits per heavy atom. The van der Waals surface area contributed by atoms with Crippen LogP contribution in [-0.4, -0.2) is 87.8 Å². The van der Waals surface area contributed by atoms with E-state index in [1.54, 1.807) is 4.90 Å². The molecule has 9 nitrogen and oxygen atoms in total. The Hall–Kier alpha value is -2.37. The topological polar surface area (TPSA) is 92.6 Å². The van der Waals surface area contributed by atoms with Gasteiger partial charge in [-0.2, -0.15) is 28.2 Å². The van der Waals surface area contributed by atoms with Gasteiger partial charge in [-0.1, -0.05) is 0 Å². The zero-order chi connectivity index (χ0) is 21.8. The third-order valence-corrected chi connectivity index (χ3v) is 6.76. The third-order valence-electron chi connectivity index (χ3n) is 6.76. The smallest absolute Gasteiger partial charge is 0.366 e. The lowest BCUT2D eigenvalue weighted by Gasteiger charge is -2.60. The summed E-state index contributed by atoms with van der Waals surface area (Å²) in [5.41, 5.74) is 0.707. The largest absolute Gasteiger partial charge is 0.409 e. The number of alkyl halides is 3. The molecule has 1 aromatic heterocycles. The van der Waals surface area contributed by atoms with E-state index in [1.165, 1.54) is 6.20 Å². The predicted molar refractivity (Wildman–Crippen MR) is 99.8 cm³/mol. The fraction of sp³-hybridized carbons (Fsp3) is 0.789. The van der Waals surface area contributed by atoms with E-state index >= 15 is 0 Å². The number of rotatable bonds is 3. The number of piperidine rings is 1. The summed E-state index contributed by atoms with van der Waals surface area (Å²) in [7, 11) is 0. The zero-order valence-electron chi connectivity index (χ0n) is 17.0. The minimum Gasteiger partial charge on any atom is -0.366 e. The number of fused-ring (bicyclic) bond motifs is 1. The molecule has 0 bridgehead atoms. The zero-order valence-corrected chi connectivity index (χ0v) is 17.0. The molecule has 4 heterocycles. The summed E-state index contributed by atoms with van der Waals surface area (Å²) in [5.74, 6) is 0.219. The van der Waals surface area contributed by atoms with Crippen molar-refractivity contribution in [2.75, 3.05) is 32.8 Å². The number of urea groups is 1. The molecule has 3 amide bonds. The van der Waals surface area contributed by atoms with Crippen LogP contribution in [0, 0.1) is 11.3 Å². The average Bonchev–Trinajstić information content (AvgIpc) is 3.06. The number of ether oxygens (including phenoxy) is 1. The number of aromatic nitrogens is 3. The monoisotopic (exact) mass is 442 g/mol. The molecule has 1 aromatic rings. The van der Waals surface area contributed by atoms with Crippen molar-refractivity contribution in [3.63, 3.8) is 0 Å².